The molecular formula is C15H21IN2O3. The van der Waals surface area contributed by atoms with Gasteiger partial charge in [-0.1, -0.05) is 19.1 Å². The van der Waals surface area contributed by atoms with E-state index in [2.05, 4.69) is 17.6 Å². The Balaban J connectivity index is 0.00000220. The number of carbonyl (C=O) groups is 1. The van der Waals surface area contributed by atoms with Crippen LogP contribution in [0.15, 0.2) is 24.3 Å². The van der Waals surface area contributed by atoms with Crippen molar-refractivity contribution < 1.29 is 42.8 Å². The van der Waals surface area contributed by atoms with E-state index in [4.69, 9.17) is 9.47 Å². The van der Waals surface area contributed by atoms with Crippen molar-refractivity contribution in [2.45, 2.75) is 19.9 Å². The molecule has 0 atom stereocenters. The van der Waals surface area contributed by atoms with Crippen LogP contribution in [0, 0.1) is 0 Å². The summed E-state index contributed by atoms with van der Waals surface area (Å²) < 4.78 is 14.2. The number of rotatable bonds is 6. The summed E-state index contributed by atoms with van der Waals surface area (Å²) in [4.78, 5) is 11.9. The number of methoxy groups -OCH3 is 1. The summed E-state index contributed by atoms with van der Waals surface area (Å²) in [6.07, 6.45) is 0.858. The monoisotopic (exact) mass is 404 g/mol. The standard InChI is InChI=1S/C15H21N2O3.HI/c1-4-14-16(2)12-7-5-6-8-13(12)17(14)11-15(18)20-10-9-19-3;/h5-8H,4,9-11H2,1-3H3;1H/q+1;/p-1. The van der Waals surface area contributed by atoms with Gasteiger partial charge in [0.15, 0.2) is 17.6 Å². The lowest BCUT2D eigenvalue weighted by Crippen LogP contribution is -3.00. The van der Waals surface area contributed by atoms with E-state index in [0.29, 0.717) is 13.2 Å². The normalized spacial score (nSPS) is 10.4. The lowest BCUT2D eigenvalue weighted by atomic mass is 10.3. The molecule has 0 amide bonds. The molecular weight excluding hydrogens is 383 g/mol. The zero-order chi connectivity index (χ0) is 14.5. The third-order valence-electron chi connectivity index (χ3n) is 3.39. The first-order chi connectivity index (χ1) is 9.69. The molecule has 1 aromatic heterocycles. The fourth-order valence-electron chi connectivity index (χ4n) is 2.45. The second-order valence-electron chi connectivity index (χ2n) is 4.62. The number of nitrogens with zero attached hydrogens (tertiary/aromatic N) is 2. The van der Waals surface area contributed by atoms with E-state index >= 15 is 0 Å². The van der Waals surface area contributed by atoms with E-state index in [1.54, 1.807) is 7.11 Å². The zero-order valence-corrected chi connectivity index (χ0v) is 14.8. The van der Waals surface area contributed by atoms with Gasteiger partial charge < -0.3 is 33.5 Å². The van der Waals surface area contributed by atoms with Gasteiger partial charge in [0.2, 0.25) is 0 Å². The number of benzene rings is 1. The molecule has 0 saturated carbocycles. The maximum atomic E-state index is 11.9. The molecule has 1 aromatic carbocycles. The number of halogens is 1. The van der Waals surface area contributed by atoms with E-state index in [1.165, 1.54) is 0 Å². The Hall–Kier alpha value is -1.15. The largest absolute Gasteiger partial charge is 1.00 e. The molecule has 0 unspecified atom stereocenters. The van der Waals surface area contributed by atoms with Crippen molar-refractivity contribution in [3.63, 3.8) is 0 Å². The molecule has 0 aliphatic heterocycles. The summed E-state index contributed by atoms with van der Waals surface area (Å²) in [6.45, 7) is 3.03. The zero-order valence-electron chi connectivity index (χ0n) is 12.6. The van der Waals surface area contributed by atoms with Gasteiger partial charge in [0.1, 0.15) is 6.61 Å². The van der Waals surface area contributed by atoms with Crippen molar-refractivity contribution in [2.24, 2.45) is 7.05 Å². The molecule has 2 aromatic rings. The molecule has 0 aliphatic carbocycles. The lowest BCUT2D eigenvalue weighted by Gasteiger charge is -2.04. The predicted octanol–water partition coefficient (Wildman–Crippen LogP) is -1.78. The topological polar surface area (TPSA) is 44.3 Å². The van der Waals surface area contributed by atoms with Crippen LogP contribution in [-0.2, 0) is 34.3 Å². The summed E-state index contributed by atoms with van der Waals surface area (Å²) >= 11 is 0. The lowest BCUT2D eigenvalue weighted by molar-refractivity contribution is -0.653. The van der Waals surface area contributed by atoms with Crippen molar-refractivity contribution in [3.05, 3.63) is 30.1 Å². The third kappa shape index (κ3) is 3.94. The van der Waals surface area contributed by atoms with E-state index in [0.717, 1.165) is 23.3 Å². The number of ether oxygens (including phenoxy) is 2. The highest BCUT2D eigenvalue weighted by atomic mass is 127. The van der Waals surface area contributed by atoms with Crippen LogP contribution in [0.25, 0.3) is 11.0 Å². The summed E-state index contributed by atoms with van der Waals surface area (Å²) in [5, 5.41) is 0. The van der Waals surface area contributed by atoms with Crippen LogP contribution in [0.2, 0.25) is 0 Å². The van der Waals surface area contributed by atoms with E-state index in [-0.39, 0.29) is 36.5 Å². The van der Waals surface area contributed by atoms with Crippen LogP contribution in [0.3, 0.4) is 0 Å². The van der Waals surface area contributed by atoms with Gasteiger partial charge in [-0.05, 0) is 12.1 Å². The van der Waals surface area contributed by atoms with Gasteiger partial charge >= 0.3 is 5.97 Å². The summed E-state index contributed by atoms with van der Waals surface area (Å²) in [5.74, 6) is 0.869. The van der Waals surface area contributed by atoms with Crippen molar-refractivity contribution in [3.8, 4) is 0 Å². The highest BCUT2D eigenvalue weighted by molar-refractivity contribution is 5.76. The Morgan fingerprint density at radius 3 is 2.67 bits per heavy atom. The van der Waals surface area contributed by atoms with Crippen molar-refractivity contribution >= 4 is 17.0 Å². The predicted molar refractivity (Wildman–Crippen MR) is 75.3 cm³/mol. The molecule has 6 heteroatoms. The first-order valence-corrected chi connectivity index (χ1v) is 6.79. The molecule has 5 nitrogen and oxygen atoms in total. The number of aryl methyl sites for hydroxylation is 1. The molecule has 0 N–H and O–H groups in total. The number of carbonyl (C=O) groups excluding carboxylic acids is 1. The van der Waals surface area contributed by atoms with Crippen LogP contribution in [0.1, 0.15) is 12.7 Å². The Morgan fingerprint density at radius 2 is 2.00 bits per heavy atom. The average Bonchev–Trinajstić information content (AvgIpc) is 2.72. The number of aromatic nitrogens is 2. The quantitative estimate of drug-likeness (QED) is 0.248. The van der Waals surface area contributed by atoms with Gasteiger partial charge in [0.05, 0.1) is 13.7 Å². The molecule has 0 bridgehead atoms. The number of para-hydroxylation sites is 2. The van der Waals surface area contributed by atoms with E-state index < -0.39 is 0 Å². The molecule has 116 valence electrons. The molecule has 0 spiro atoms. The molecule has 0 fully saturated rings. The van der Waals surface area contributed by atoms with Crippen LogP contribution in [-0.4, -0.2) is 30.9 Å². The van der Waals surface area contributed by atoms with Gasteiger partial charge in [0, 0.05) is 13.5 Å². The van der Waals surface area contributed by atoms with Crippen molar-refractivity contribution in [1.82, 2.24) is 4.57 Å². The van der Waals surface area contributed by atoms with Crippen LogP contribution >= 0.6 is 0 Å². The van der Waals surface area contributed by atoms with Crippen LogP contribution in [0.4, 0.5) is 0 Å². The number of esters is 1. The number of hydrogen-bond acceptors (Lipinski definition) is 3. The minimum Gasteiger partial charge on any atom is -1.00 e. The minimum atomic E-state index is -0.238. The molecule has 2 rings (SSSR count). The van der Waals surface area contributed by atoms with Gasteiger partial charge in [-0.25, -0.2) is 13.9 Å². The Kier molecular flexibility index (Phi) is 7.10. The fourth-order valence-corrected chi connectivity index (χ4v) is 2.45. The van der Waals surface area contributed by atoms with Gasteiger partial charge in [-0.2, -0.15) is 0 Å². The maximum Gasteiger partial charge on any atom is 0.348 e. The first kappa shape index (κ1) is 17.9. The average molecular weight is 404 g/mol. The smallest absolute Gasteiger partial charge is 0.348 e. The van der Waals surface area contributed by atoms with Gasteiger partial charge in [0.25, 0.3) is 5.82 Å². The second-order valence-corrected chi connectivity index (χ2v) is 4.62. The molecule has 1 heterocycles. The Labute approximate surface area is 141 Å². The molecule has 21 heavy (non-hydrogen) atoms. The number of fused-ring (bicyclic) bond motifs is 1. The first-order valence-electron chi connectivity index (χ1n) is 6.79. The van der Waals surface area contributed by atoms with Crippen LogP contribution < -0.4 is 28.5 Å². The van der Waals surface area contributed by atoms with Gasteiger partial charge in [-0.15, -0.1) is 0 Å². The Bertz CT molecular complexity index is 610. The molecule has 0 aliphatic rings. The second kappa shape index (κ2) is 8.33. The minimum absolute atomic E-state index is 0. The van der Waals surface area contributed by atoms with Crippen molar-refractivity contribution in [1.29, 1.82) is 0 Å². The Morgan fingerprint density at radius 1 is 1.29 bits per heavy atom. The highest BCUT2D eigenvalue weighted by Crippen LogP contribution is 2.14. The number of hydrogen-bond donors (Lipinski definition) is 0. The molecule has 0 saturated heterocycles. The van der Waals surface area contributed by atoms with Gasteiger partial charge in [-0.3, -0.25) is 0 Å². The third-order valence-corrected chi connectivity index (χ3v) is 3.39. The summed E-state index contributed by atoms with van der Waals surface area (Å²) in [6, 6.07) is 8.07. The fraction of sp³-hybridized carbons (Fsp3) is 0.467. The summed E-state index contributed by atoms with van der Waals surface area (Å²) in [7, 11) is 3.61. The summed E-state index contributed by atoms with van der Waals surface area (Å²) in [5.41, 5.74) is 2.17. The van der Waals surface area contributed by atoms with E-state index in [9.17, 15) is 4.79 Å². The SMILES string of the molecule is CCc1n(CC(=O)OCCOC)c2ccccc2[n+]1C.[I-]. The maximum absolute atomic E-state index is 11.9. The van der Waals surface area contributed by atoms with Crippen LogP contribution in [0.5, 0.6) is 0 Å². The highest BCUT2D eigenvalue weighted by Gasteiger charge is 2.23. The van der Waals surface area contributed by atoms with E-state index in [1.807, 2.05) is 29.8 Å². The van der Waals surface area contributed by atoms with Crippen molar-refractivity contribution in [2.75, 3.05) is 20.3 Å². The molecule has 0 radical (unpaired) electrons. The number of imidazole rings is 1.